The summed E-state index contributed by atoms with van der Waals surface area (Å²) in [5.41, 5.74) is 13.3. The lowest BCUT2D eigenvalue weighted by Gasteiger charge is -2.22. The van der Waals surface area contributed by atoms with E-state index in [1.54, 1.807) is 0 Å². The van der Waals surface area contributed by atoms with Gasteiger partial charge in [0, 0.05) is 49.6 Å². The maximum Gasteiger partial charge on any atom is 0.235 e. The smallest absolute Gasteiger partial charge is 0.235 e. The van der Waals surface area contributed by atoms with Crippen LogP contribution in [0.4, 0.5) is 5.69 Å². The van der Waals surface area contributed by atoms with Gasteiger partial charge in [-0.1, -0.05) is 121 Å². The first-order valence-electron chi connectivity index (χ1n) is 19.2. The summed E-state index contributed by atoms with van der Waals surface area (Å²) in [4.78, 5) is 15.8. The Morgan fingerprint density at radius 2 is 1.16 bits per heavy atom. The molecule has 0 spiro atoms. The molecule has 56 heavy (non-hydrogen) atoms. The van der Waals surface area contributed by atoms with E-state index >= 15 is 0 Å². The highest BCUT2D eigenvalue weighted by molar-refractivity contribution is 6.18. The molecule has 0 fully saturated rings. The van der Waals surface area contributed by atoms with Crippen molar-refractivity contribution >= 4 is 67.2 Å². The number of benzene rings is 7. The molecule has 4 heterocycles. The Labute approximate surface area is 322 Å². The summed E-state index contributed by atoms with van der Waals surface area (Å²) in [5, 5.41) is 6.92. The van der Waals surface area contributed by atoms with Crippen molar-refractivity contribution in [3.8, 4) is 34.0 Å². The predicted molar refractivity (Wildman–Crippen MR) is 230 cm³/mol. The molecule has 0 radical (unpaired) electrons. The van der Waals surface area contributed by atoms with Crippen LogP contribution in [-0.4, -0.2) is 24.8 Å². The molecular weight excluding hydrogens is 683 g/mol. The third-order valence-electron chi connectivity index (χ3n) is 11.6. The summed E-state index contributed by atoms with van der Waals surface area (Å²) >= 11 is 0. The molecule has 0 amide bonds. The summed E-state index contributed by atoms with van der Waals surface area (Å²) in [6.07, 6.45) is 5.62. The van der Waals surface area contributed by atoms with E-state index in [1.807, 2.05) is 6.07 Å². The molecule has 0 N–H and O–H groups in total. The van der Waals surface area contributed by atoms with Gasteiger partial charge in [0.25, 0.3) is 0 Å². The lowest BCUT2D eigenvalue weighted by molar-refractivity contribution is 0.857. The zero-order valence-electron chi connectivity index (χ0n) is 30.3. The molecule has 7 aromatic carbocycles. The van der Waals surface area contributed by atoms with Crippen LogP contribution in [0.5, 0.6) is 0 Å². The highest BCUT2D eigenvalue weighted by Gasteiger charge is 2.26. The number of nitrogens with zero attached hydrogens (tertiary/aromatic N) is 5. The number of para-hydroxylation sites is 4. The third-order valence-corrected chi connectivity index (χ3v) is 11.6. The first-order valence-corrected chi connectivity index (χ1v) is 19.2. The second kappa shape index (κ2) is 12.1. The van der Waals surface area contributed by atoms with E-state index in [1.165, 1.54) is 32.9 Å². The van der Waals surface area contributed by atoms with Crippen LogP contribution in [0.15, 0.2) is 175 Å². The zero-order chi connectivity index (χ0) is 36.7. The summed E-state index contributed by atoms with van der Waals surface area (Å²) in [6, 6.07) is 60.4. The summed E-state index contributed by atoms with van der Waals surface area (Å²) < 4.78 is 4.64. The van der Waals surface area contributed by atoms with Gasteiger partial charge >= 0.3 is 0 Å². The fraction of sp³-hybridized carbons (Fsp3) is 0.0392. The van der Waals surface area contributed by atoms with E-state index < -0.39 is 0 Å². The van der Waals surface area contributed by atoms with Crippen molar-refractivity contribution in [3.05, 3.63) is 186 Å². The molecule has 10 aromatic rings. The van der Waals surface area contributed by atoms with Gasteiger partial charge in [-0.25, -0.2) is 9.97 Å². The van der Waals surface area contributed by atoms with Gasteiger partial charge in [0.1, 0.15) is 0 Å². The van der Waals surface area contributed by atoms with Crippen LogP contribution in [0.2, 0.25) is 0 Å². The molecular formula is C51H33N5. The predicted octanol–water partition coefficient (Wildman–Crippen LogP) is 10.5. The molecule has 0 bridgehead atoms. The third kappa shape index (κ3) is 4.71. The van der Waals surface area contributed by atoms with Gasteiger partial charge < -0.3 is 4.57 Å². The quantitative estimate of drug-likeness (QED) is 0.182. The Hall–Kier alpha value is -7.37. The zero-order valence-corrected chi connectivity index (χ0v) is 30.3. The fourth-order valence-corrected chi connectivity index (χ4v) is 9.01. The van der Waals surface area contributed by atoms with Gasteiger partial charge in [-0.2, -0.15) is 0 Å². The van der Waals surface area contributed by atoms with Crippen molar-refractivity contribution in [1.29, 1.82) is 0 Å². The normalized spacial score (nSPS) is 14.6. The molecule has 5 heteroatoms. The van der Waals surface area contributed by atoms with E-state index in [0.717, 1.165) is 72.7 Å². The SMILES string of the molecule is C1=c2c(n(-c3nc(-c4ccccc4)c4ccccc4n3)c3ccc(-c4ccc5c(c4)c4ccccc4n5-c4ccccc4)cc23)=CC2Cc3ccccc3N=C12. The summed E-state index contributed by atoms with van der Waals surface area (Å²) in [6.45, 7) is 0. The van der Waals surface area contributed by atoms with Gasteiger partial charge in [-0.05, 0) is 83.8 Å². The number of fused-ring (bicyclic) bond motifs is 9. The first-order chi connectivity index (χ1) is 27.7. The van der Waals surface area contributed by atoms with Crippen molar-refractivity contribution in [3.63, 3.8) is 0 Å². The second-order valence-electron chi connectivity index (χ2n) is 14.8. The van der Waals surface area contributed by atoms with Crippen molar-refractivity contribution in [2.45, 2.75) is 6.42 Å². The average molecular weight is 716 g/mol. The summed E-state index contributed by atoms with van der Waals surface area (Å²) in [5.74, 6) is 0.816. The van der Waals surface area contributed by atoms with E-state index in [9.17, 15) is 0 Å². The largest absolute Gasteiger partial charge is 0.309 e. The molecule has 3 aromatic heterocycles. The molecule has 5 nitrogen and oxygen atoms in total. The van der Waals surface area contributed by atoms with Crippen LogP contribution < -0.4 is 10.6 Å². The van der Waals surface area contributed by atoms with E-state index in [4.69, 9.17) is 15.0 Å². The number of hydrogen-bond acceptors (Lipinski definition) is 3. The van der Waals surface area contributed by atoms with Crippen LogP contribution >= 0.6 is 0 Å². The average Bonchev–Trinajstić information content (AvgIpc) is 3.76. The molecule has 12 rings (SSSR count). The van der Waals surface area contributed by atoms with Crippen molar-refractivity contribution in [2.24, 2.45) is 10.9 Å². The minimum Gasteiger partial charge on any atom is -0.309 e. The number of rotatable bonds is 4. The van der Waals surface area contributed by atoms with Crippen LogP contribution in [0, 0.1) is 5.92 Å². The number of aliphatic imine (C=N–C) groups is 1. The second-order valence-corrected chi connectivity index (χ2v) is 14.8. The van der Waals surface area contributed by atoms with Gasteiger partial charge in [0.05, 0.1) is 38.8 Å². The number of hydrogen-bond donors (Lipinski definition) is 0. The molecule has 1 unspecified atom stereocenters. The Morgan fingerprint density at radius 1 is 0.500 bits per heavy atom. The lowest BCUT2D eigenvalue weighted by Crippen LogP contribution is -2.37. The van der Waals surface area contributed by atoms with Crippen molar-refractivity contribution in [1.82, 2.24) is 19.1 Å². The standard InChI is InChI=1S/C51H33N5/c1-3-13-32(14-4-1)50-39-19-8-11-21-44(39)53-51(54-50)56-48-26-24-34(29-41(48)42-31-45-36(30-49(42)56)27-35-15-7-10-20-43(35)52-45)33-23-25-47-40(28-33)38-18-9-12-22-46(38)55(47)37-16-5-2-6-17-37/h1-26,28-31,36H,27H2. The van der Waals surface area contributed by atoms with Crippen LogP contribution in [0.1, 0.15) is 5.56 Å². The maximum atomic E-state index is 5.37. The van der Waals surface area contributed by atoms with Gasteiger partial charge in [0.2, 0.25) is 5.95 Å². The van der Waals surface area contributed by atoms with Gasteiger partial charge in [-0.15, -0.1) is 0 Å². The Bertz CT molecular complexity index is 3390. The number of aromatic nitrogens is 4. The molecule has 2 aliphatic rings. The van der Waals surface area contributed by atoms with Crippen molar-refractivity contribution < 1.29 is 0 Å². The highest BCUT2D eigenvalue weighted by Crippen LogP contribution is 2.36. The van der Waals surface area contributed by atoms with E-state index in [2.05, 4.69) is 185 Å². The van der Waals surface area contributed by atoms with Crippen LogP contribution in [0.25, 0.3) is 89.8 Å². The Morgan fingerprint density at radius 3 is 2.00 bits per heavy atom. The fourth-order valence-electron chi connectivity index (χ4n) is 9.01. The molecule has 262 valence electrons. The molecule has 0 saturated heterocycles. The van der Waals surface area contributed by atoms with Gasteiger partial charge in [-0.3, -0.25) is 9.56 Å². The molecule has 1 atom stereocenters. The minimum atomic E-state index is 0.151. The Balaban J connectivity index is 1.11. The van der Waals surface area contributed by atoms with Crippen molar-refractivity contribution in [2.75, 3.05) is 0 Å². The monoisotopic (exact) mass is 715 g/mol. The topological polar surface area (TPSA) is 48.0 Å². The van der Waals surface area contributed by atoms with Gasteiger partial charge in [0.15, 0.2) is 0 Å². The first kappa shape index (κ1) is 31.0. The van der Waals surface area contributed by atoms with E-state index in [0.29, 0.717) is 5.95 Å². The molecule has 1 aliphatic carbocycles. The van der Waals surface area contributed by atoms with Crippen LogP contribution in [-0.2, 0) is 6.42 Å². The minimum absolute atomic E-state index is 0.151. The van der Waals surface area contributed by atoms with Crippen LogP contribution in [0.3, 0.4) is 0 Å². The van der Waals surface area contributed by atoms with E-state index in [-0.39, 0.29) is 5.92 Å². The molecule has 1 aliphatic heterocycles. The Kier molecular flexibility index (Phi) is 6.69. The highest BCUT2D eigenvalue weighted by atomic mass is 15.2. The lowest BCUT2D eigenvalue weighted by atomic mass is 9.87. The maximum absolute atomic E-state index is 5.37. The molecule has 0 saturated carbocycles. The summed E-state index contributed by atoms with van der Waals surface area (Å²) in [7, 11) is 0.